The van der Waals surface area contributed by atoms with Crippen molar-refractivity contribution in [2.24, 2.45) is 5.92 Å². The van der Waals surface area contributed by atoms with Crippen LogP contribution in [0.3, 0.4) is 0 Å². The highest BCUT2D eigenvalue weighted by molar-refractivity contribution is 5.71. The van der Waals surface area contributed by atoms with Crippen molar-refractivity contribution in [1.29, 1.82) is 0 Å². The molecule has 0 fully saturated rings. The van der Waals surface area contributed by atoms with Crippen LogP contribution in [0, 0.1) is 5.92 Å². The monoisotopic (exact) mass is 192 g/mol. The number of hydrogen-bond donors (Lipinski definition) is 0. The van der Waals surface area contributed by atoms with Gasteiger partial charge >= 0.3 is 11.9 Å². The van der Waals surface area contributed by atoms with Gasteiger partial charge in [0.15, 0.2) is 6.67 Å². The molecule has 13 heavy (non-hydrogen) atoms. The van der Waals surface area contributed by atoms with Crippen molar-refractivity contribution in [2.75, 3.05) is 19.9 Å². The van der Waals surface area contributed by atoms with E-state index < -0.39 is 12.6 Å². The van der Waals surface area contributed by atoms with E-state index in [2.05, 4.69) is 9.47 Å². The van der Waals surface area contributed by atoms with Gasteiger partial charge in [0.05, 0.1) is 5.92 Å². The minimum atomic E-state index is -1.15. The highest BCUT2D eigenvalue weighted by atomic mass is 19.1. The number of hydrogen-bond acceptors (Lipinski definition) is 4. The summed E-state index contributed by atoms with van der Waals surface area (Å²) in [5, 5.41) is 0. The number of carbonyl (C=O) groups is 2. The van der Waals surface area contributed by atoms with E-state index in [1.807, 2.05) is 0 Å². The Hall–Kier alpha value is -1.13. The van der Waals surface area contributed by atoms with Crippen LogP contribution in [-0.2, 0) is 19.1 Å². The Morgan fingerprint density at radius 2 is 1.77 bits per heavy atom. The van der Waals surface area contributed by atoms with Crippen LogP contribution >= 0.6 is 0 Å². The fourth-order valence-electron chi connectivity index (χ4n) is 0.503. The van der Waals surface area contributed by atoms with E-state index in [4.69, 9.17) is 0 Å². The van der Waals surface area contributed by atoms with E-state index in [1.54, 1.807) is 13.8 Å². The van der Waals surface area contributed by atoms with Crippen LogP contribution in [0.2, 0.25) is 0 Å². The van der Waals surface area contributed by atoms with Crippen LogP contribution < -0.4 is 0 Å². The van der Waals surface area contributed by atoms with Gasteiger partial charge in [-0.25, -0.2) is 9.18 Å². The first-order chi connectivity index (χ1) is 6.07. The minimum Gasteiger partial charge on any atom is -0.462 e. The lowest BCUT2D eigenvalue weighted by atomic mass is 10.2. The zero-order chi connectivity index (χ0) is 10.3. The first-order valence-electron chi connectivity index (χ1n) is 3.96. The average Bonchev–Trinajstić information content (AvgIpc) is 2.11. The van der Waals surface area contributed by atoms with Gasteiger partial charge in [0.1, 0.15) is 13.2 Å². The average molecular weight is 192 g/mol. The molecule has 0 aromatic rings. The lowest BCUT2D eigenvalue weighted by molar-refractivity contribution is -0.154. The topological polar surface area (TPSA) is 52.6 Å². The molecule has 0 aliphatic rings. The fourth-order valence-corrected chi connectivity index (χ4v) is 0.503. The molecule has 0 radical (unpaired) electrons. The van der Waals surface area contributed by atoms with Gasteiger partial charge in [-0.3, -0.25) is 4.79 Å². The third-order valence-corrected chi connectivity index (χ3v) is 1.17. The maximum Gasteiger partial charge on any atom is 0.337 e. The van der Waals surface area contributed by atoms with E-state index in [-0.39, 0.29) is 25.1 Å². The molecule has 0 spiro atoms. The van der Waals surface area contributed by atoms with E-state index in [0.29, 0.717) is 0 Å². The largest absolute Gasteiger partial charge is 0.462 e. The molecule has 0 amide bonds. The zero-order valence-corrected chi connectivity index (χ0v) is 7.71. The number of alkyl halides is 1. The van der Waals surface area contributed by atoms with Gasteiger partial charge in [-0.2, -0.15) is 0 Å². The second-order valence-electron chi connectivity index (χ2n) is 2.68. The van der Waals surface area contributed by atoms with Crippen LogP contribution in [0.1, 0.15) is 13.8 Å². The van der Waals surface area contributed by atoms with Gasteiger partial charge in [-0.1, -0.05) is 13.8 Å². The molecule has 5 heteroatoms. The molecule has 0 saturated heterocycles. The summed E-state index contributed by atoms with van der Waals surface area (Å²) < 4.78 is 20.5. The molecular weight excluding hydrogens is 179 g/mol. The molecule has 4 nitrogen and oxygen atoms in total. The van der Waals surface area contributed by atoms with E-state index >= 15 is 0 Å². The van der Waals surface area contributed by atoms with E-state index in [9.17, 15) is 14.0 Å². The Kier molecular flexibility index (Phi) is 5.84. The Morgan fingerprint density at radius 1 is 1.23 bits per heavy atom. The van der Waals surface area contributed by atoms with E-state index in [0.717, 1.165) is 0 Å². The Morgan fingerprint density at radius 3 is 2.23 bits per heavy atom. The molecule has 0 bridgehead atoms. The second-order valence-corrected chi connectivity index (χ2v) is 2.68. The SMILES string of the molecule is CC(C)C(=O)OCCOC(=O)CF. The molecule has 0 aliphatic heterocycles. The summed E-state index contributed by atoms with van der Waals surface area (Å²) >= 11 is 0. The molecule has 0 unspecified atom stereocenters. The van der Waals surface area contributed by atoms with Crippen molar-refractivity contribution in [3.8, 4) is 0 Å². The summed E-state index contributed by atoms with van der Waals surface area (Å²) in [6.45, 7) is 2.11. The predicted octanol–water partition coefficient (Wildman–Crippen LogP) is 0.698. The van der Waals surface area contributed by atoms with Gasteiger partial charge in [0.2, 0.25) is 0 Å². The third-order valence-electron chi connectivity index (χ3n) is 1.17. The molecule has 0 aromatic carbocycles. The summed E-state index contributed by atoms with van der Waals surface area (Å²) in [7, 11) is 0. The summed E-state index contributed by atoms with van der Waals surface area (Å²) in [6.07, 6.45) is 0. The van der Waals surface area contributed by atoms with Crippen molar-refractivity contribution >= 4 is 11.9 Å². The number of ether oxygens (including phenoxy) is 2. The summed E-state index contributed by atoms with van der Waals surface area (Å²) in [4.78, 5) is 21.1. The highest BCUT2D eigenvalue weighted by Crippen LogP contribution is 1.95. The molecule has 0 aliphatic carbocycles. The van der Waals surface area contributed by atoms with Gasteiger partial charge in [0.25, 0.3) is 0 Å². The molecule has 0 rings (SSSR count). The van der Waals surface area contributed by atoms with Crippen molar-refractivity contribution in [3.05, 3.63) is 0 Å². The van der Waals surface area contributed by atoms with Crippen LogP contribution in [0.15, 0.2) is 0 Å². The molecular formula is C8H13FO4. The maximum absolute atomic E-state index is 11.5. The summed E-state index contributed by atoms with van der Waals surface area (Å²) in [5.74, 6) is -1.52. The molecule has 0 heterocycles. The zero-order valence-electron chi connectivity index (χ0n) is 7.71. The van der Waals surface area contributed by atoms with Crippen molar-refractivity contribution in [3.63, 3.8) is 0 Å². The standard InChI is InChI=1S/C8H13FO4/c1-6(2)8(11)13-4-3-12-7(10)5-9/h6H,3-5H2,1-2H3. The van der Waals surface area contributed by atoms with Crippen LogP contribution in [0.25, 0.3) is 0 Å². The van der Waals surface area contributed by atoms with Gasteiger partial charge in [-0.15, -0.1) is 0 Å². The highest BCUT2D eigenvalue weighted by Gasteiger charge is 2.08. The Balaban J connectivity index is 3.36. The molecule has 76 valence electrons. The summed E-state index contributed by atoms with van der Waals surface area (Å²) in [5.41, 5.74) is 0. The van der Waals surface area contributed by atoms with E-state index in [1.165, 1.54) is 0 Å². The number of halogens is 1. The second kappa shape index (κ2) is 6.39. The van der Waals surface area contributed by atoms with Crippen molar-refractivity contribution in [1.82, 2.24) is 0 Å². The number of carbonyl (C=O) groups excluding carboxylic acids is 2. The quantitative estimate of drug-likeness (QED) is 0.475. The minimum absolute atomic E-state index is 0.0250. The third kappa shape index (κ3) is 6.07. The van der Waals surface area contributed by atoms with Crippen molar-refractivity contribution < 1.29 is 23.5 Å². The molecule has 0 atom stereocenters. The van der Waals surface area contributed by atoms with Gasteiger partial charge in [-0.05, 0) is 0 Å². The maximum atomic E-state index is 11.5. The normalized spacial score (nSPS) is 9.85. The number of rotatable bonds is 5. The Labute approximate surface area is 76.0 Å². The first-order valence-corrected chi connectivity index (χ1v) is 3.96. The molecule has 0 N–H and O–H groups in total. The van der Waals surface area contributed by atoms with Crippen molar-refractivity contribution in [2.45, 2.75) is 13.8 Å². The van der Waals surface area contributed by atoms with Gasteiger partial charge < -0.3 is 9.47 Å². The molecule has 0 saturated carbocycles. The van der Waals surface area contributed by atoms with Crippen LogP contribution in [0.4, 0.5) is 4.39 Å². The first kappa shape index (κ1) is 11.9. The fraction of sp³-hybridized carbons (Fsp3) is 0.750. The molecule has 0 aromatic heterocycles. The van der Waals surface area contributed by atoms with Crippen LogP contribution in [0.5, 0.6) is 0 Å². The lowest BCUT2D eigenvalue weighted by Gasteiger charge is -2.06. The predicted molar refractivity (Wildman–Crippen MR) is 42.7 cm³/mol. The smallest absolute Gasteiger partial charge is 0.337 e. The Bertz CT molecular complexity index is 179. The summed E-state index contributed by atoms with van der Waals surface area (Å²) in [6, 6.07) is 0. The van der Waals surface area contributed by atoms with Crippen LogP contribution in [-0.4, -0.2) is 31.8 Å². The lowest BCUT2D eigenvalue weighted by Crippen LogP contribution is -2.17. The van der Waals surface area contributed by atoms with Gasteiger partial charge in [0, 0.05) is 0 Å². The number of esters is 2.